The third kappa shape index (κ3) is 2.26. The predicted molar refractivity (Wildman–Crippen MR) is 70.7 cm³/mol. The zero-order valence-electron chi connectivity index (χ0n) is 9.29. The molecule has 0 bridgehead atoms. The third-order valence-corrected chi connectivity index (χ3v) is 2.85. The van der Waals surface area contributed by atoms with Crippen LogP contribution < -0.4 is 5.63 Å². The van der Waals surface area contributed by atoms with E-state index in [-0.39, 0.29) is 5.75 Å². The monoisotopic (exact) mass is 294 g/mol. The molecule has 1 aromatic carbocycles. The zero-order chi connectivity index (χ0) is 12.6. The van der Waals surface area contributed by atoms with E-state index in [1.807, 2.05) is 6.92 Å². The number of phenolic OH excluding ortho intramolecular Hbond substituents is 1. The number of rotatable bonds is 2. The van der Waals surface area contributed by atoms with E-state index >= 15 is 0 Å². The topological polar surface area (TPSA) is 50.4 Å². The summed E-state index contributed by atoms with van der Waals surface area (Å²) in [5.41, 5.74) is 1.42. The van der Waals surface area contributed by atoms with Gasteiger partial charge in [0, 0.05) is 23.4 Å². The number of aryl methyl sites for hydroxylation is 1. The van der Waals surface area contributed by atoms with E-state index < -0.39 is 5.63 Å². The molecule has 88 valence electrons. The highest BCUT2D eigenvalue weighted by molar-refractivity contribution is 9.11. The summed E-state index contributed by atoms with van der Waals surface area (Å²) in [6, 6.07) is 4.77. The second-order valence-electron chi connectivity index (χ2n) is 3.88. The van der Waals surface area contributed by atoms with Crippen molar-refractivity contribution in [2.75, 3.05) is 0 Å². The minimum absolute atomic E-state index is 0.104. The third-order valence-electron chi connectivity index (χ3n) is 2.57. The fourth-order valence-corrected chi connectivity index (χ4v) is 2.07. The molecule has 1 heterocycles. The van der Waals surface area contributed by atoms with Crippen LogP contribution in [0.15, 0.2) is 38.5 Å². The maximum absolute atomic E-state index is 11.4. The lowest BCUT2D eigenvalue weighted by Gasteiger charge is -2.08. The molecule has 0 fully saturated rings. The minimum atomic E-state index is -0.415. The van der Waals surface area contributed by atoms with Crippen molar-refractivity contribution < 1.29 is 9.52 Å². The largest absolute Gasteiger partial charge is 0.508 e. The van der Waals surface area contributed by atoms with Gasteiger partial charge >= 0.3 is 5.63 Å². The molecule has 2 rings (SSSR count). The highest BCUT2D eigenvalue weighted by Gasteiger charge is 2.12. The minimum Gasteiger partial charge on any atom is -0.508 e. The molecule has 0 aliphatic rings. The molecule has 0 unspecified atom stereocenters. The summed E-state index contributed by atoms with van der Waals surface area (Å²) < 4.78 is 5.89. The predicted octanol–water partition coefficient (Wildman–Crippen LogP) is 3.26. The molecule has 0 atom stereocenters. The van der Waals surface area contributed by atoms with E-state index in [1.165, 1.54) is 6.07 Å². The molecule has 0 spiro atoms. The van der Waals surface area contributed by atoms with E-state index in [1.54, 1.807) is 12.1 Å². The number of fused-ring (bicyclic) bond motifs is 1. The normalized spacial score (nSPS) is 10.7. The second-order valence-corrected chi connectivity index (χ2v) is 5.00. The van der Waals surface area contributed by atoms with Crippen molar-refractivity contribution in [1.29, 1.82) is 0 Å². The standard InChI is InChI=1S/C13H11BrO3/c1-7-5-12(16)17-13-9(7)3-4-11(15)10(13)6-8(2)14/h3-5,15H,2,6H2,1H3. The molecule has 0 saturated carbocycles. The average Bonchev–Trinajstić information content (AvgIpc) is 2.21. The Morgan fingerprint density at radius 3 is 2.88 bits per heavy atom. The molecule has 4 heteroatoms. The number of benzene rings is 1. The fourth-order valence-electron chi connectivity index (χ4n) is 1.79. The molecular formula is C13H11BrO3. The maximum atomic E-state index is 11.4. The number of aromatic hydroxyl groups is 1. The quantitative estimate of drug-likeness (QED) is 0.865. The van der Waals surface area contributed by atoms with Crippen molar-refractivity contribution in [3.63, 3.8) is 0 Å². The molecule has 1 N–H and O–H groups in total. The summed E-state index contributed by atoms with van der Waals surface area (Å²) in [5, 5.41) is 10.6. The Hall–Kier alpha value is -1.55. The number of halogens is 1. The highest BCUT2D eigenvalue weighted by Crippen LogP contribution is 2.30. The van der Waals surface area contributed by atoms with Crippen molar-refractivity contribution in [3.05, 3.63) is 50.8 Å². The van der Waals surface area contributed by atoms with E-state index in [0.717, 1.165) is 10.9 Å². The summed E-state index contributed by atoms with van der Waals surface area (Å²) in [7, 11) is 0. The van der Waals surface area contributed by atoms with Crippen LogP contribution >= 0.6 is 15.9 Å². The molecule has 0 radical (unpaired) electrons. The van der Waals surface area contributed by atoms with Gasteiger partial charge in [0.2, 0.25) is 0 Å². The SMILES string of the molecule is C=C(Br)Cc1c(O)ccc2c(C)cc(=O)oc12. The molecule has 0 aliphatic heterocycles. The Morgan fingerprint density at radius 1 is 1.53 bits per heavy atom. The summed E-state index contributed by atoms with van der Waals surface area (Å²) in [4.78, 5) is 11.4. The Bertz CT molecular complexity index is 655. The van der Waals surface area contributed by atoms with Gasteiger partial charge in [0.1, 0.15) is 11.3 Å². The maximum Gasteiger partial charge on any atom is 0.336 e. The van der Waals surface area contributed by atoms with Crippen LogP contribution in [0.1, 0.15) is 11.1 Å². The van der Waals surface area contributed by atoms with E-state index in [9.17, 15) is 9.90 Å². The van der Waals surface area contributed by atoms with Crippen molar-refractivity contribution in [2.24, 2.45) is 0 Å². The van der Waals surface area contributed by atoms with Crippen molar-refractivity contribution in [2.45, 2.75) is 13.3 Å². The number of hydrogen-bond acceptors (Lipinski definition) is 3. The molecule has 1 aromatic heterocycles. The molecule has 17 heavy (non-hydrogen) atoms. The van der Waals surface area contributed by atoms with Crippen LogP contribution in [-0.2, 0) is 6.42 Å². The van der Waals surface area contributed by atoms with Crippen molar-refractivity contribution in [3.8, 4) is 5.75 Å². The van der Waals surface area contributed by atoms with Crippen LogP contribution in [0, 0.1) is 6.92 Å². The van der Waals surface area contributed by atoms with Crippen LogP contribution in [0.5, 0.6) is 5.75 Å². The van der Waals surface area contributed by atoms with E-state index in [4.69, 9.17) is 4.42 Å². The first-order chi connectivity index (χ1) is 7.99. The fraction of sp³-hybridized carbons (Fsp3) is 0.154. The van der Waals surface area contributed by atoms with Crippen LogP contribution in [0.4, 0.5) is 0 Å². The van der Waals surface area contributed by atoms with Gasteiger partial charge < -0.3 is 9.52 Å². The molecule has 0 aliphatic carbocycles. The first kappa shape index (κ1) is 11.9. The first-order valence-electron chi connectivity index (χ1n) is 5.07. The Labute approximate surface area is 107 Å². The van der Waals surface area contributed by atoms with Crippen molar-refractivity contribution >= 4 is 26.9 Å². The highest BCUT2D eigenvalue weighted by atomic mass is 79.9. The van der Waals surface area contributed by atoms with Gasteiger partial charge in [-0.1, -0.05) is 22.5 Å². The molecule has 3 nitrogen and oxygen atoms in total. The van der Waals surface area contributed by atoms with Crippen LogP contribution in [0.25, 0.3) is 11.0 Å². The molecule has 0 saturated heterocycles. The van der Waals surface area contributed by atoms with Gasteiger partial charge in [0.05, 0.1) is 0 Å². The lowest BCUT2D eigenvalue weighted by atomic mass is 10.0. The zero-order valence-corrected chi connectivity index (χ0v) is 10.9. The lowest BCUT2D eigenvalue weighted by Crippen LogP contribution is -2.00. The summed E-state index contributed by atoms with van der Waals surface area (Å²) in [5.74, 6) is 0.104. The lowest BCUT2D eigenvalue weighted by molar-refractivity contribution is 0.466. The first-order valence-corrected chi connectivity index (χ1v) is 5.87. The van der Waals surface area contributed by atoms with Crippen LogP contribution in [0.3, 0.4) is 0 Å². The summed E-state index contributed by atoms with van der Waals surface area (Å²) in [6.45, 7) is 5.57. The van der Waals surface area contributed by atoms with Gasteiger partial charge in [-0.25, -0.2) is 4.79 Å². The summed E-state index contributed by atoms with van der Waals surface area (Å²) in [6.07, 6.45) is 0.412. The molecule has 0 amide bonds. The number of phenols is 1. The Balaban J connectivity index is 2.84. The second kappa shape index (κ2) is 4.37. The molecular weight excluding hydrogens is 284 g/mol. The van der Waals surface area contributed by atoms with Crippen LogP contribution in [-0.4, -0.2) is 5.11 Å². The van der Waals surface area contributed by atoms with Gasteiger partial charge in [-0.15, -0.1) is 0 Å². The van der Waals surface area contributed by atoms with Gasteiger partial charge in [0.25, 0.3) is 0 Å². The number of hydrogen-bond donors (Lipinski definition) is 1. The van der Waals surface area contributed by atoms with E-state index in [0.29, 0.717) is 22.0 Å². The van der Waals surface area contributed by atoms with Gasteiger partial charge in [0.15, 0.2) is 0 Å². The van der Waals surface area contributed by atoms with Gasteiger partial charge in [-0.05, 0) is 29.1 Å². The van der Waals surface area contributed by atoms with Crippen LogP contribution in [0.2, 0.25) is 0 Å². The van der Waals surface area contributed by atoms with Gasteiger partial charge in [-0.2, -0.15) is 0 Å². The average molecular weight is 295 g/mol. The Morgan fingerprint density at radius 2 is 2.24 bits per heavy atom. The molecule has 2 aromatic rings. The van der Waals surface area contributed by atoms with Crippen molar-refractivity contribution in [1.82, 2.24) is 0 Å². The van der Waals surface area contributed by atoms with Gasteiger partial charge in [-0.3, -0.25) is 0 Å². The Kier molecular flexibility index (Phi) is 3.07. The van der Waals surface area contributed by atoms with E-state index in [2.05, 4.69) is 22.5 Å². The summed E-state index contributed by atoms with van der Waals surface area (Å²) >= 11 is 3.24. The number of allylic oxidation sites excluding steroid dienone is 1. The smallest absolute Gasteiger partial charge is 0.336 e.